The van der Waals surface area contributed by atoms with Crippen molar-refractivity contribution in [2.24, 2.45) is 0 Å². The van der Waals surface area contributed by atoms with Crippen molar-refractivity contribution in [2.45, 2.75) is 37.4 Å². The molecule has 1 aliphatic heterocycles. The summed E-state index contributed by atoms with van der Waals surface area (Å²) in [7, 11) is 0. The molecule has 0 spiro atoms. The monoisotopic (exact) mass is 217 g/mol. The molecule has 1 amide bonds. The Bertz CT molecular complexity index is 170. The van der Waals surface area contributed by atoms with E-state index in [1.165, 1.54) is 25.0 Å². The summed E-state index contributed by atoms with van der Waals surface area (Å²) in [5.41, 5.74) is 0. The maximum absolute atomic E-state index is 11.2. The molecule has 82 valence electrons. The highest BCUT2D eigenvalue weighted by atomic mass is 32.2. The van der Waals surface area contributed by atoms with Gasteiger partial charge in [0.2, 0.25) is 5.91 Å². The van der Waals surface area contributed by atoms with Gasteiger partial charge in [0.1, 0.15) is 0 Å². The van der Waals surface area contributed by atoms with Crippen molar-refractivity contribution in [1.82, 2.24) is 5.32 Å². The number of nitrogens with one attached hydrogen (secondary N) is 1. The van der Waals surface area contributed by atoms with Gasteiger partial charge in [-0.2, -0.15) is 11.8 Å². The van der Waals surface area contributed by atoms with Gasteiger partial charge in [-0.3, -0.25) is 4.79 Å². The molecular formula is C10H19NO2S. The van der Waals surface area contributed by atoms with E-state index in [0.29, 0.717) is 18.1 Å². The Labute approximate surface area is 89.6 Å². The van der Waals surface area contributed by atoms with Crippen LogP contribution < -0.4 is 5.32 Å². The minimum atomic E-state index is 0.0743. The van der Waals surface area contributed by atoms with Gasteiger partial charge in [-0.15, -0.1) is 0 Å². The first kappa shape index (κ1) is 11.9. The first-order valence-corrected chi connectivity index (χ1v) is 6.37. The molecule has 0 saturated carbocycles. The minimum absolute atomic E-state index is 0.0743. The molecule has 14 heavy (non-hydrogen) atoms. The van der Waals surface area contributed by atoms with Gasteiger partial charge in [0.15, 0.2) is 0 Å². The van der Waals surface area contributed by atoms with Crippen molar-refractivity contribution in [3.8, 4) is 0 Å². The van der Waals surface area contributed by atoms with Gasteiger partial charge < -0.3 is 10.4 Å². The summed E-state index contributed by atoms with van der Waals surface area (Å²) < 4.78 is 0. The number of aliphatic hydroxyl groups is 1. The smallest absolute Gasteiger partial charge is 0.220 e. The molecule has 1 atom stereocenters. The zero-order valence-corrected chi connectivity index (χ0v) is 9.31. The van der Waals surface area contributed by atoms with Crippen LogP contribution in [0.25, 0.3) is 0 Å². The third kappa shape index (κ3) is 4.86. The third-order valence-corrected chi connectivity index (χ3v) is 3.76. The maximum Gasteiger partial charge on any atom is 0.220 e. The number of hydrogen-bond donors (Lipinski definition) is 2. The highest BCUT2D eigenvalue weighted by Crippen LogP contribution is 2.24. The van der Waals surface area contributed by atoms with Crippen molar-refractivity contribution < 1.29 is 9.90 Å². The maximum atomic E-state index is 11.2. The SMILES string of the molecule is O=C(CCCO)NCC1CCCCS1. The Hall–Kier alpha value is -0.220. The van der Waals surface area contributed by atoms with Crippen LogP contribution in [-0.2, 0) is 4.79 Å². The zero-order chi connectivity index (χ0) is 10.2. The molecule has 1 aliphatic rings. The lowest BCUT2D eigenvalue weighted by Gasteiger charge is -2.21. The summed E-state index contributed by atoms with van der Waals surface area (Å²) >= 11 is 1.96. The average molecular weight is 217 g/mol. The summed E-state index contributed by atoms with van der Waals surface area (Å²) in [6.45, 7) is 0.903. The molecular weight excluding hydrogens is 198 g/mol. The summed E-state index contributed by atoms with van der Waals surface area (Å²) in [5.74, 6) is 1.31. The number of carbonyl (C=O) groups is 1. The van der Waals surface area contributed by atoms with Gasteiger partial charge in [0.25, 0.3) is 0 Å². The quantitative estimate of drug-likeness (QED) is 0.726. The lowest BCUT2D eigenvalue weighted by molar-refractivity contribution is -0.121. The summed E-state index contributed by atoms with van der Waals surface area (Å²) in [6, 6.07) is 0. The second-order valence-electron chi connectivity index (χ2n) is 3.62. The summed E-state index contributed by atoms with van der Waals surface area (Å²) in [5, 5.41) is 12.1. The van der Waals surface area contributed by atoms with Crippen LogP contribution in [0.1, 0.15) is 32.1 Å². The Morgan fingerprint density at radius 1 is 1.50 bits per heavy atom. The van der Waals surface area contributed by atoms with E-state index in [0.717, 1.165) is 6.54 Å². The largest absolute Gasteiger partial charge is 0.396 e. The van der Waals surface area contributed by atoms with Crippen molar-refractivity contribution >= 4 is 17.7 Å². The van der Waals surface area contributed by atoms with Crippen LogP contribution in [0, 0.1) is 0 Å². The van der Waals surface area contributed by atoms with Crippen molar-refractivity contribution in [3.05, 3.63) is 0 Å². The molecule has 0 aliphatic carbocycles. The van der Waals surface area contributed by atoms with E-state index < -0.39 is 0 Å². The van der Waals surface area contributed by atoms with Crippen LogP contribution in [0.2, 0.25) is 0 Å². The van der Waals surface area contributed by atoms with E-state index in [4.69, 9.17) is 5.11 Å². The molecule has 4 heteroatoms. The van der Waals surface area contributed by atoms with Crippen LogP contribution in [0.5, 0.6) is 0 Å². The lowest BCUT2D eigenvalue weighted by Crippen LogP contribution is -2.31. The molecule has 3 nitrogen and oxygen atoms in total. The molecule has 0 radical (unpaired) electrons. The topological polar surface area (TPSA) is 49.3 Å². The van der Waals surface area contributed by atoms with Gasteiger partial charge in [-0.1, -0.05) is 6.42 Å². The van der Waals surface area contributed by atoms with Crippen LogP contribution in [0.3, 0.4) is 0 Å². The summed E-state index contributed by atoms with van der Waals surface area (Å²) in [4.78, 5) is 11.2. The van der Waals surface area contributed by atoms with Crippen molar-refractivity contribution in [3.63, 3.8) is 0 Å². The van der Waals surface area contributed by atoms with E-state index in [-0.39, 0.29) is 12.5 Å². The lowest BCUT2D eigenvalue weighted by atomic mass is 10.2. The first-order valence-electron chi connectivity index (χ1n) is 5.32. The van der Waals surface area contributed by atoms with Crippen molar-refractivity contribution in [1.29, 1.82) is 0 Å². The molecule has 0 bridgehead atoms. The molecule has 0 aromatic carbocycles. The molecule has 1 fully saturated rings. The number of aliphatic hydroxyl groups excluding tert-OH is 1. The van der Waals surface area contributed by atoms with Crippen LogP contribution in [0.15, 0.2) is 0 Å². The molecule has 1 rings (SSSR count). The fourth-order valence-electron chi connectivity index (χ4n) is 1.52. The third-order valence-electron chi connectivity index (χ3n) is 2.36. The fraction of sp³-hybridized carbons (Fsp3) is 0.900. The number of amides is 1. The molecule has 1 unspecified atom stereocenters. The predicted octanol–water partition coefficient (Wildman–Crippen LogP) is 1.16. The Morgan fingerprint density at radius 2 is 2.36 bits per heavy atom. The highest BCUT2D eigenvalue weighted by molar-refractivity contribution is 7.99. The molecule has 1 saturated heterocycles. The Balaban J connectivity index is 2.03. The fourth-order valence-corrected chi connectivity index (χ4v) is 2.76. The van der Waals surface area contributed by atoms with Gasteiger partial charge >= 0.3 is 0 Å². The standard InChI is InChI=1S/C10H19NO2S/c12-6-3-5-10(13)11-8-9-4-1-2-7-14-9/h9,12H,1-8H2,(H,11,13). The second-order valence-corrected chi connectivity index (χ2v) is 5.03. The van der Waals surface area contributed by atoms with E-state index in [1.807, 2.05) is 11.8 Å². The highest BCUT2D eigenvalue weighted by Gasteiger charge is 2.14. The predicted molar refractivity (Wildman–Crippen MR) is 59.4 cm³/mol. The number of thioether (sulfide) groups is 1. The Kier molecular flexibility index (Phi) is 6.03. The van der Waals surface area contributed by atoms with E-state index in [2.05, 4.69) is 5.32 Å². The van der Waals surface area contributed by atoms with E-state index >= 15 is 0 Å². The van der Waals surface area contributed by atoms with Crippen LogP contribution >= 0.6 is 11.8 Å². The number of carbonyl (C=O) groups excluding carboxylic acids is 1. The first-order chi connectivity index (χ1) is 6.83. The van der Waals surface area contributed by atoms with Gasteiger partial charge in [-0.05, 0) is 25.0 Å². The van der Waals surface area contributed by atoms with E-state index in [9.17, 15) is 4.79 Å². The van der Waals surface area contributed by atoms with Crippen LogP contribution in [-0.4, -0.2) is 35.2 Å². The normalized spacial score (nSPS) is 21.9. The minimum Gasteiger partial charge on any atom is -0.396 e. The van der Waals surface area contributed by atoms with Crippen molar-refractivity contribution in [2.75, 3.05) is 18.9 Å². The number of hydrogen-bond acceptors (Lipinski definition) is 3. The summed E-state index contributed by atoms with van der Waals surface area (Å²) in [6.07, 6.45) is 4.87. The molecule has 0 aromatic rings. The van der Waals surface area contributed by atoms with Gasteiger partial charge in [0, 0.05) is 24.8 Å². The molecule has 0 aromatic heterocycles. The zero-order valence-electron chi connectivity index (χ0n) is 8.50. The molecule has 1 heterocycles. The average Bonchev–Trinajstić information content (AvgIpc) is 2.25. The Morgan fingerprint density at radius 3 is 3.00 bits per heavy atom. The second kappa shape index (κ2) is 7.12. The van der Waals surface area contributed by atoms with E-state index in [1.54, 1.807) is 0 Å². The van der Waals surface area contributed by atoms with Gasteiger partial charge in [0.05, 0.1) is 0 Å². The van der Waals surface area contributed by atoms with Gasteiger partial charge in [-0.25, -0.2) is 0 Å². The number of rotatable bonds is 5. The molecule has 2 N–H and O–H groups in total. The van der Waals surface area contributed by atoms with Crippen LogP contribution in [0.4, 0.5) is 0 Å².